The van der Waals surface area contributed by atoms with Crippen molar-refractivity contribution in [3.8, 4) is 0 Å². The van der Waals surface area contributed by atoms with Crippen LogP contribution >= 0.6 is 0 Å². The van der Waals surface area contributed by atoms with Crippen molar-refractivity contribution in [1.29, 1.82) is 0 Å². The molecule has 0 rings (SSSR count). The van der Waals surface area contributed by atoms with Gasteiger partial charge in [0.1, 0.15) is 0 Å². The fourth-order valence-electron chi connectivity index (χ4n) is 1.39. The van der Waals surface area contributed by atoms with Crippen molar-refractivity contribution in [2.75, 3.05) is 6.61 Å². The van der Waals surface area contributed by atoms with Gasteiger partial charge in [0.05, 0.1) is 12.6 Å². The Morgan fingerprint density at radius 2 is 1.94 bits per heavy atom. The topological polar surface area (TPSA) is 81.4 Å². The molecule has 5 nitrogen and oxygen atoms in total. The largest absolute Gasteiger partial charge is 0.463 e. The highest BCUT2D eigenvalue weighted by atomic mass is 16.5. The van der Waals surface area contributed by atoms with E-state index in [0.29, 0.717) is 12.5 Å². The minimum absolute atomic E-state index is 0.201. The molecule has 104 valence electrons. The van der Waals surface area contributed by atoms with Crippen LogP contribution in [-0.2, 0) is 14.3 Å². The monoisotopic (exact) mass is 256 g/mol. The van der Waals surface area contributed by atoms with E-state index in [9.17, 15) is 9.59 Å². The zero-order valence-electron chi connectivity index (χ0n) is 11.6. The lowest BCUT2D eigenvalue weighted by atomic mass is 10.0. The minimum Gasteiger partial charge on any atom is -0.463 e. The van der Waals surface area contributed by atoms with E-state index in [1.54, 1.807) is 19.9 Å². The SMILES string of the molecule is CCOC(=O)/C=C/[C@H](CC(C)C)NC(=O)[C@H](C)N. The Hall–Kier alpha value is -1.36. The molecule has 0 radical (unpaired) electrons. The van der Waals surface area contributed by atoms with Crippen LogP contribution < -0.4 is 11.1 Å². The predicted octanol–water partition coefficient (Wildman–Crippen LogP) is 0.984. The quantitative estimate of drug-likeness (QED) is 0.525. The van der Waals surface area contributed by atoms with Crippen LogP contribution in [0.5, 0.6) is 0 Å². The first-order valence-electron chi connectivity index (χ1n) is 6.27. The fraction of sp³-hybridized carbons (Fsp3) is 0.692. The first-order valence-corrected chi connectivity index (χ1v) is 6.27. The summed E-state index contributed by atoms with van der Waals surface area (Å²) in [5.74, 6) is -0.231. The average molecular weight is 256 g/mol. The molecular weight excluding hydrogens is 232 g/mol. The summed E-state index contributed by atoms with van der Waals surface area (Å²) in [7, 11) is 0. The molecule has 0 unspecified atom stereocenters. The molecule has 5 heteroatoms. The highest BCUT2D eigenvalue weighted by Crippen LogP contribution is 2.06. The Kier molecular flexibility index (Phi) is 8.03. The van der Waals surface area contributed by atoms with Crippen LogP contribution in [0.15, 0.2) is 12.2 Å². The third-order valence-corrected chi connectivity index (χ3v) is 2.22. The predicted molar refractivity (Wildman–Crippen MR) is 70.8 cm³/mol. The summed E-state index contributed by atoms with van der Waals surface area (Å²) in [6, 6.07) is -0.761. The highest BCUT2D eigenvalue weighted by Gasteiger charge is 2.14. The number of esters is 1. The lowest BCUT2D eigenvalue weighted by molar-refractivity contribution is -0.137. The number of hydrogen-bond acceptors (Lipinski definition) is 4. The second-order valence-electron chi connectivity index (χ2n) is 4.64. The van der Waals surface area contributed by atoms with E-state index in [4.69, 9.17) is 10.5 Å². The van der Waals surface area contributed by atoms with Crippen LogP contribution in [0.25, 0.3) is 0 Å². The summed E-state index contributed by atoms with van der Waals surface area (Å²) >= 11 is 0. The maximum Gasteiger partial charge on any atom is 0.330 e. The number of ether oxygens (including phenoxy) is 1. The smallest absolute Gasteiger partial charge is 0.330 e. The first kappa shape index (κ1) is 16.6. The van der Waals surface area contributed by atoms with Gasteiger partial charge in [0, 0.05) is 12.1 Å². The van der Waals surface area contributed by atoms with E-state index in [-0.39, 0.29) is 11.9 Å². The van der Waals surface area contributed by atoms with Crippen molar-refractivity contribution in [3.05, 3.63) is 12.2 Å². The van der Waals surface area contributed by atoms with Gasteiger partial charge in [-0.1, -0.05) is 19.9 Å². The molecule has 0 aliphatic heterocycles. The molecule has 0 heterocycles. The molecule has 0 aromatic carbocycles. The van der Waals surface area contributed by atoms with Gasteiger partial charge in [0.25, 0.3) is 0 Å². The summed E-state index contributed by atoms with van der Waals surface area (Å²) in [6.07, 6.45) is 3.74. The second kappa shape index (κ2) is 8.69. The van der Waals surface area contributed by atoms with Gasteiger partial charge in [-0.2, -0.15) is 0 Å². The van der Waals surface area contributed by atoms with Gasteiger partial charge < -0.3 is 15.8 Å². The molecule has 0 aliphatic rings. The standard InChI is InChI=1S/C13H24N2O3/c1-5-18-12(16)7-6-11(8-9(2)3)15-13(17)10(4)14/h6-7,9-11H,5,8,14H2,1-4H3,(H,15,17)/b7-6+/t10-,11+/m0/s1. The van der Waals surface area contributed by atoms with Gasteiger partial charge in [-0.15, -0.1) is 0 Å². The lowest BCUT2D eigenvalue weighted by Gasteiger charge is -2.18. The highest BCUT2D eigenvalue weighted by molar-refractivity contribution is 5.83. The summed E-state index contributed by atoms with van der Waals surface area (Å²) in [5, 5.41) is 2.79. The van der Waals surface area contributed by atoms with Gasteiger partial charge in [-0.3, -0.25) is 4.79 Å². The third-order valence-electron chi connectivity index (χ3n) is 2.22. The Labute approximate surface area is 109 Å². The van der Waals surface area contributed by atoms with Crippen molar-refractivity contribution in [2.24, 2.45) is 11.7 Å². The molecule has 0 aromatic rings. The van der Waals surface area contributed by atoms with Gasteiger partial charge >= 0.3 is 5.97 Å². The van der Waals surface area contributed by atoms with Crippen LogP contribution in [0.2, 0.25) is 0 Å². The fourth-order valence-corrected chi connectivity index (χ4v) is 1.39. The zero-order valence-corrected chi connectivity index (χ0v) is 11.6. The molecule has 0 saturated carbocycles. The van der Waals surface area contributed by atoms with Gasteiger partial charge in [0.2, 0.25) is 5.91 Å². The molecule has 1 amide bonds. The molecule has 2 atom stereocenters. The van der Waals surface area contributed by atoms with Crippen molar-refractivity contribution >= 4 is 11.9 Å². The number of rotatable bonds is 7. The summed E-state index contributed by atoms with van der Waals surface area (Å²) in [6.45, 7) is 7.79. The van der Waals surface area contributed by atoms with Crippen LogP contribution in [0.4, 0.5) is 0 Å². The molecule has 0 bridgehead atoms. The number of hydrogen-bond donors (Lipinski definition) is 2. The number of amides is 1. The van der Waals surface area contributed by atoms with Gasteiger partial charge in [0.15, 0.2) is 0 Å². The van der Waals surface area contributed by atoms with Crippen molar-refractivity contribution in [3.63, 3.8) is 0 Å². The van der Waals surface area contributed by atoms with E-state index in [2.05, 4.69) is 5.32 Å². The first-order chi connectivity index (χ1) is 8.36. The second-order valence-corrected chi connectivity index (χ2v) is 4.64. The maximum absolute atomic E-state index is 11.5. The summed E-state index contributed by atoms with van der Waals surface area (Å²) in [4.78, 5) is 22.7. The number of carbonyl (C=O) groups excluding carboxylic acids is 2. The van der Waals surface area contributed by atoms with Gasteiger partial charge in [-0.05, 0) is 26.2 Å². The normalized spacial score (nSPS) is 14.6. The van der Waals surface area contributed by atoms with Crippen LogP contribution in [-0.4, -0.2) is 30.6 Å². The van der Waals surface area contributed by atoms with E-state index in [1.165, 1.54) is 6.08 Å². The van der Waals surface area contributed by atoms with Crippen molar-refractivity contribution < 1.29 is 14.3 Å². The van der Waals surface area contributed by atoms with E-state index < -0.39 is 12.0 Å². The molecule has 0 spiro atoms. The van der Waals surface area contributed by atoms with Crippen LogP contribution in [0.3, 0.4) is 0 Å². The number of carbonyl (C=O) groups is 2. The van der Waals surface area contributed by atoms with Gasteiger partial charge in [-0.25, -0.2) is 4.79 Å². The van der Waals surface area contributed by atoms with Crippen LogP contribution in [0.1, 0.15) is 34.1 Å². The molecule has 0 fully saturated rings. The van der Waals surface area contributed by atoms with E-state index in [1.807, 2.05) is 13.8 Å². The Bertz CT molecular complexity index is 299. The van der Waals surface area contributed by atoms with E-state index in [0.717, 1.165) is 6.42 Å². The molecule has 0 aliphatic carbocycles. The number of nitrogens with one attached hydrogen (secondary N) is 1. The molecule has 3 N–H and O–H groups in total. The minimum atomic E-state index is -0.560. The lowest BCUT2D eigenvalue weighted by Crippen LogP contribution is -2.43. The van der Waals surface area contributed by atoms with Crippen molar-refractivity contribution in [2.45, 2.75) is 46.2 Å². The van der Waals surface area contributed by atoms with Crippen LogP contribution in [0, 0.1) is 5.92 Å². The summed E-state index contributed by atoms with van der Waals surface area (Å²) < 4.78 is 4.79. The van der Waals surface area contributed by atoms with E-state index >= 15 is 0 Å². The van der Waals surface area contributed by atoms with Crippen molar-refractivity contribution in [1.82, 2.24) is 5.32 Å². The molecule has 0 aromatic heterocycles. The molecule has 0 saturated heterocycles. The third kappa shape index (κ3) is 7.84. The zero-order chi connectivity index (χ0) is 14.1. The molecule has 18 heavy (non-hydrogen) atoms. The Morgan fingerprint density at radius 1 is 1.33 bits per heavy atom. The Balaban J connectivity index is 4.48. The maximum atomic E-state index is 11.5. The molecular formula is C13H24N2O3. The Morgan fingerprint density at radius 3 is 2.39 bits per heavy atom. The average Bonchev–Trinajstić information content (AvgIpc) is 2.25. The number of nitrogens with two attached hydrogens (primary N) is 1. The summed E-state index contributed by atoms with van der Waals surface area (Å²) in [5.41, 5.74) is 5.49.